The zero-order chi connectivity index (χ0) is 22.5. The quantitative estimate of drug-likeness (QED) is 0.412. The molecular formula is C25H24N2O5. The van der Waals surface area contributed by atoms with Crippen LogP contribution in [0, 0.1) is 11.8 Å². The molecule has 1 heterocycles. The number of fused-ring (bicyclic) bond motifs is 1. The van der Waals surface area contributed by atoms with Crippen molar-refractivity contribution in [2.45, 2.75) is 25.9 Å². The molecule has 4 rings (SSSR count). The van der Waals surface area contributed by atoms with Gasteiger partial charge < -0.3 is 10.1 Å². The van der Waals surface area contributed by atoms with Crippen LogP contribution in [0.4, 0.5) is 5.69 Å². The fraction of sp³-hybridized carbons (Fsp3) is 0.280. The number of esters is 1. The van der Waals surface area contributed by atoms with Crippen LogP contribution in [-0.2, 0) is 25.7 Å². The van der Waals surface area contributed by atoms with Crippen molar-refractivity contribution >= 4 is 29.4 Å². The van der Waals surface area contributed by atoms with Crippen LogP contribution >= 0.6 is 0 Å². The van der Waals surface area contributed by atoms with Gasteiger partial charge in [0.1, 0.15) is 6.61 Å². The number of imide groups is 1. The van der Waals surface area contributed by atoms with Crippen LogP contribution in [0.15, 0.2) is 66.7 Å². The number of hydrogen-bond donors (Lipinski definition) is 1. The van der Waals surface area contributed by atoms with Crippen LogP contribution in [-0.4, -0.2) is 35.1 Å². The van der Waals surface area contributed by atoms with Gasteiger partial charge in [-0.3, -0.25) is 24.1 Å². The zero-order valence-corrected chi connectivity index (χ0v) is 17.5. The summed E-state index contributed by atoms with van der Waals surface area (Å²) in [5, 5.41) is 2.81. The van der Waals surface area contributed by atoms with Crippen molar-refractivity contribution in [1.82, 2.24) is 4.90 Å². The first-order valence-electron chi connectivity index (χ1n) is 10.6. The minimum atomic E-state index is -0.482. The Morgan fingerprint density at radius 1 is 0.906 bits per heavy atom. The van der Waals surface area contributed by atoms with E-state index < -0.39 is 5.97 Å². The van der Waals surface area contributed by atoms with Crippen molar-refractivity contribution in [2.75, 3.05) is 11.9 Å². The third-order valence-electron chi connectivity index (χ3n) is 5.79. The van der Waals surface area contributed by atoms with Gasteiger partial charge in [0.25, 0.3) is 5.91 Å². The summed E-state index contributed by atoms with van der Waals surface area (Å²) < 4.78 is 5.27. The normalized spacial score (nSPS) is 19.6. The molecule has 2 aromatic carbocycles. The van der Waals surface area contributed by atoms with Crippen molar-refractivity contribution in [2.24, 2.45) is 11.8 Å². The van der Waals surface area contributed by atoms with E-state index in [-0.39, 0.29) is 49.1 Å². The van der Waals surface area contributed by atoms with E-state index in [9.17, 15) is 19.2 Å². The summed E-state index contributed by atoms with van der Waals surface area (Å²) in [7, 11) is 0. The Balaban J connectivity index is 1.23. The highest BCUT2D eigenvalue weighted by Crippen LogP contribution is 2.35. The van der Waals surface area contributed by atoms with Gasteiger partial charge in [-0.05, 0) is 42.7 Å². The van der Waals surface area contributed by atoms with E-state index in [0.717, 1.165) is 5.56 Å². The molecule has 2 aliphatic rings. The van der Waals surface area contributed by atoms with Gasteiger partial charge in [-0.15, -0.1) is 0 Å². The summed E-state index contributed by atoms with van der Waals surface area (Å²) in [4.78, 5) is 50.5. The zero-order valence-electron chi connectivity index (χ0n) is 17.5. The second-order valence-corrected chi connectivity index (χ2v) is 7.91. The molecule has 0 radical (unpaired) electrons. The average Bonchev–Trinajstić information content (AvgIpc) is 3.07. The molecule has 32 heavy (non-hydrogen) atoms. The first kappa shape index (κ1) is 21.5. The van der Waals surface area contributed by atoms with Gasteiger partial charge in [-0.25, -0.2) is 0 Å². The molecule has 2 aromatic rings. The third kappa shape index (κ3) is 4.77. The molecule has 0 spiro atoms. The van der Waals surface area contributed by atoms with Crippen LogP contribution in [0.1, 0.15) is 35.2 Å². The fourth-order valence-electron chi connectivity index (χ4n) is 4.01. The topological polar surface area (TPSA) is 92.8 Å². The Hall–Kier alpha value is -3.74. The van der Waals surface area contributed by atoms with E-state index in [1.54, 1.807) is 36.4 Å². The molecule has 0 bridgehead atoms. The molecule has 0 saturated carbocycles. The van der Waals surface area contributed by atoms with Gasteiger partial charge in [0.15, 0.2) is 0 Å². The number of nitrogens with zero attached hydrogens (tertiary/aromatic N) is 1. The smallest absolute Gasteiger partial charge is 0.307 e. The van der Waals surface area contributed by atoms with Crippen LogP contribution in [0.5, 0.6) is 0 Å². The lowest BCUT2D eigenvalue weighted by Crippen LogP contribution is -2.33. The number of hydrogen-bond acceptors (Lipinski definition) is 5. The summed E-state index contributed by atoms with van der Waals surface area (Å²) in [5.41, 5.74) is 1.94. The fourth-order valence-corrected chi connectivity index (χ4v) is 4.01. The molecule has 164 valence electrons. The Bertz CT molecular complexity index is 1020. The molecule has 7 nitrogen and oxygen atoms in total. The van der Waals surface area contributed by atoms with E-state index in [0.29, 0.717) is 24.1 Å². The molecule has 1 fully saturated rings. The van der Waals surface area contributed by atoms with Crippen LogP contribution < -0.4 is 5.32 Å². The van der Waals surface area contributed by atoms with Crippen molar-refractivity contribution in [3.63, 3.8) is 0 Å². The summed E-state index contributed by atoms with van der Waals surface area (Å²) >= 11 is 0. The monoisotopic (exact) mass is 432 g/mol. The number of para-hydroxylation sites is 1. The molecule has 7 heteroatoms. The number of rotatable bonds is 7. The molecule has 1 aliphatic heterocycles. The highest BCUT2D eigenvalue weighted by atomic mass is 16.5. The van der Waals surface area contributed by atoms with E-state index in [1.807, 2.05) is 30.4 Å². The van der Waals surface area contributed by atoms with Crippen molar-refractivity contribution in [1.29, 1.82) is 0 Å². The maximum atomic E-state index is 12.4. The SMILES string of the molecule is O=C(CCN1C(=O)C2CC=CCC2C1=O)OCc1ccc(C(=O)Nc2ccccc2)cc1. The number of likely N-dealkylation sites (tertiary alicyclic amines) is 1. The van der Waals surface area contributed by atoms with E-state index in [4.69, 9.17) is 4.74 Å². The number of carbonyl (C=O) groups is 4. The molecular weight excluding hydrogens is 408 g/mol. The van der Waals surface area contributed by atoms with E-state index >= 15 is 0 Å². The number of nitrogens with one attached hydrogen (secondary N) is 1. The number of allylic oxidation sites excluding steroid dienone is 2. The summed E-state index contributed by atoms with van der Waals surface area (Å²) in [6.07, 6.45) is 4.98. The van der Waals surface area contributed by atoms with Gasteiger partial charge in [0.2, 0.25) is 11.8 Å². The molecule has 2 atom stereocenters. The Morgan fingerprint density at radius 2 is 1.53 bits per heavy atom. The van der Waals surface area contributed by atoms with Gasteiger partial charge in [0, 0.05) is 17.8 Å². The number of ether oxygens (including phenoxy) is 1. The Kier molecular flexibility index (Phi) is 6.44. The molecule has 1 aliphatic carbocycles. The minimum Gasteiger partial charge on any atom is -0.461 e. The minimum absolute atomic E-state index is 0.0398. The Morgan fingerprint density at radius 3 is 2.16 bits per heavy atom. The molecule has 1 N–H and O–H groups in total. The number of anilines is 1. The van der Waals surface area contributed by atoms with Gasteiger partial charge in [0.05, 0.1) is 18.3 Å². The van der Waals surface area contributed by atoms with Crippen LogP contribution in [0.25, 0.3) is 0 Å². The van der Waals surface area contributed by atoms with E-state index in [2.05, 4.69) is 5.32 Å². The third-order valence-corrected chi connectivity index (χ3v) is 5.79. The first-order valence-corrected chi connectivity index (χ1v) is 10.6. The van der Waals surface area contributed by atoms with Gasteiger partial charge in [-0.1, -0.05) is 42.5 Å². The summed E-state index contributed by atoms with van der Waals surface area (Å²) in [6.45, 7) is 0.0958. The van der Waals surface area contributed by atoms with Gasteiger partial charge >= 0.3 is 5.97 Å². The lowest BCUT2D eigenvalue weighted by Gasteiger charge is -2.14. The lowest BCUT2D eigenvalue weighted by atomic mass is 9.85. The average molecular weight is 432 g/mol. The number of benzene rings is 2. The molecule has 0 aromatic heterocycles. The van der Waals surface area contributed by atoms with Gasteiger partial charge in [-0.2, -0.15) is 0 Å². The number of carbonyl (C=O) groups excluding carboxylic acids is 4. The van der Waals surface area contributed by atoms with Crippen molar-refractivity contribution < 1.29 is 23.9 Å². The van der Waals surface area contributed by atoms with E-state index in [1.165, 1.54) is 4.90 Å². The second-order valence-electron chi connectivity index (χ2n) is 7.91. The first-order chi connectivity index (χ1) is 15.5. The number of amides is 3. The lowest BCUT2D eigenvalue weighted by molar-refractivity contribution is -0.146. The largest absolute Gasteiger partial charge is 0.461 e. The highest BCUT2D eigenvalue weighted by Gasteiger charge is 2.46. The predicted octanol–water partition coefficient (Wildman–Crippen LogP) is 3.32. The molecule has 3 amide bonds. The summed E-state index contributed by atoms with van der Waals surface area (Å²) in [6, 6.07) is 15.9. The standard InChI is InChI=1S/C25H24N2O5/c28-22(14-15-27-24(30)20-8-4-5-9-21(20)25(27)31)32-16-17-10-12-18(13-11-17)23(29)26-19-6-2-1-3-7-19/h1-7,10-13,20-21H,8-9,14-16H2,(H,26,29). The molecule has 2 unspecified atom stereocenters. The van der Waals surface area contributed by atoms with Crippen LogP contribution in [0.2, 0.25) is 0 Å². The van der Waals surface area contributed by atoms with Crippen molar-refractivity contribution in [3.8, 4) is 0 Å². The second kappa shape index (κ2) is 9.60. The predicted molar refractivity (Wildman–Crippen MR) is 117 cm³/mol. The maximum absolute atomic E-state index is 12.4. The van der Waals surface area contributed by atoms with Crippen LogP contribution in [0.3, 0.4) is 0 Å². The Labute approximate surface area is 186 Å². The summed E-state index contributed by atoms with van der Waals surface area (Å²) in [5.74, 6) is -1.68. The van der Waals surface area contributed by atoms with Crippen molar-refractivity contribution in [3.05, 3.63) is 77.9 Å². The highest BCUT2D eigenvalue weighted by molar-refractivity contribution is 6.05. The molecule has 1 saturated heterocycles. The maximum Gasteiger partial charge on any atom is 0.307 e.